The van der Waals surface area contributed by atoms with Crippen LogP contribution >= 0.6 is 22.9 Å². The molecule has 0 aromatic carbocycles. The van der Waals surface area contributed by atoms with Crippen LogP contribution in [0.15, 0.2) is 24.5 Å². The number of aryl methyl sites for hydroxylation is 2. The lowest BCUT2D eigenvalue weighted by molar-refractivity contribution is 0.0997. The normalized spacial score (nSPS) is 17.8. The number of rotatable bonds is 7. The number of nitrogens with zero attached hydrogens (tertiary/aromatic N) is 4. The van der Waals surface area contributed by atoms with Gasteiger partial charge in [0.05, 0.1) is 25.0 Å². The van der Waals surface area contributed by atoms with E-state index in [2.05, 4.69) is 46.3 Å². The summed E-state index contributed by atoms with van der Waals surface area (Å²) >= 11 is 7.32. The predicted octanol–water partition coefficient (Wildman–Crippen LogP) is 6.37. The van der Waals surface area contributed by atoms with Gasteiger partial charge >= 0.3 is 0 Å². The summed E-state index contributed by atoms with van der Waals surface area (Å²) in [6.45, 7) is 11.5. The van der Waals surface area contributed by atoms with Gasteiger partial charge in [0.1, 0.15) is 15.9 Å². The number of hydrogen-bond donors (Lipinski definition) is 1. The van der Waals surface area contributed by atoms with Crippen molar-refractivity contribution in [3.05, 3.63) is 45.9 Å². The van der Waals surface area contributed by atoms with Gasteiger partial charge in [0.2, 0.25) is 5.13 Å². The second-order valence-corrected chi connectivity index (χ2v) is 10.6. The lowest BCUT2D eigenvalue weighted by Gasteiger charge is -2.17. The molecule has 1 amide bonds. The average molecular weight is 532 g/mol. The van der Waals surface area contributed by atoms with E-state index in [1.165, 1.54) is 50.1 Å². The number of carbonyl (C=O) groups excluding carboxylic acids is 1. The zero-order chi connectivity index (χ0) is 26.2. The zero-order valence-electron chi connectivity index (χ0n) is 21.7. The van der Waals surface area contributed by atoms with E-state index in [1.54, 1.807) is 12.1 Å². The Morgan fingerprint density at radius 3 is 2.64 bits per heavy atom. The number of anilines is 1. The SMILES string of the molecule is CCC(C)CC1CCOC1C.COc1cnc(Cl)cc1-c1cc(C)ncc1C(=O)Nc1nnc(C)s1. The van der Waals surface area contributed by atoms with Crippen molar-refractivity contribution in [2.45, 2.75) is 60.0 Å². The molecule has 0 bridgehead atoms. The van der Waals surface area contributed by atoms with E-state index in [0.29, 0.717) is 38.8 Å². The van der Waals surface area contributed by atoms with Gasteiger partial charge in [-0.25, -0.2) is 4.98 Å². The van der Waals surface area contributed by atoms with Gasteiger partial charge in [-0.15, -0.1) is 10.2 Å². The van der Waals surface area contributed by atoms with Crippen LogP contribution < -0.4 is 10.1 Å². The van der Waals surface area contributed by atoms with E-state index in [0.717, 1.165) is 29.1 Å². The van der Waals surface area contributed by atoms with Crippen LogP contribution in [0.1, 0.15) is 61.1 Å². The first-order valence-corrected chi connectivity index (χ1v) is 13.3. The van der Waals surface area contributed by atoms with Crippen molar-refractivity contribution in [3.63, 3.8) is 0 Å². The Kier molecular flexibility index (Phi) is 10.2. The van der Waals surface area contributed by atoms with Crippen LogP contribution in [0.3, 0.4) is 0 Å². The van der Waals surface area contributed by atoms with Crippen molar-refractivity contribution < 1.29 is 14.3 Å². The van der Waals surface area contributed by atoms with Crippen molar-refractivity contribution in [3.8, 4) is 16.9 Å². The van der Waals surface area contributed by atoms with Gasteiger partial charge in [-0.3, -0.25) is 15.1 Å². The summed E-state index contributed by atoms with van der Waals surface area (Å²) in [5.74, 6) is 1.89. The second-order valence-electron chi connectivity index (χ2n) is 9.03. The number of hydrogen-bond acceptors (Lipinski definition) is 8. The molecular formula is C26H34ClN5O3S. The minimum absolute atomic E-state index is 0.302. The molecule has 1 aliphatic heterocycles. The molecule has 1 fully saturated rings. The first-order chi connectivity index (χ1) is 17.2. The van der Waals surface area contributed by atoms with Crippen LogP contribution in [0.2, 0.25) is 5.15 Å². The van der Waals surface area contributed by atoms with Crippen molar-refractivity contribution >= 4 is 34.0 Å². The van der Waals surface area contributed by atoms with Crippen LogP contribution in [0.5, 0.6) is 5.75 Å². The molecule has 194 valence electrons. The molecule has 1 saturated heterocycles. The molecule has 3 aromatic rings. The van der Waals surface area contributed by atoms with Gasteiger partial charge in [-0.2, -0.15) is 0 Å². The molecule has 0 radical (unpaired) electrons. The van der Waals surface area contributed by atoms with Gasteiger partial charge < -0.3 is 9.47 Å². The third kappa shape index (κ3) is 7.44. The third-order valence-electron chi connectivity index (χ3n) is 6.31. The molecule has 36 heavy (non-hydrogen) atoms. The fraction of sp³-hybridized carbons (Fsp3) is 0.500. The van der Waals surface area contributed by atoms with E-state index >= 15 is 0 Å². The van der Waals surface area contributed by atoms with Crippen LogP contribution in [0.4, 0.5) is 5.13 Å². The Hall–Kier alpha value is -2.62. The molecule has 3 atom stereocenters. The monoisotopic (exact) mass is 531 g/mol. The highest BCUT2D eigenvalue weighted by Crippen LogP contribution is 2.34. The summed E-state index contributed by atoms with van der Waals surface area (Å²) in [5, 5.41) is 12.0. The number of pyridine rings is 2. The standard InChI is InChI=1S/C16H14ClN5O2S.C10H20O/c1-8-4-10(11-5-14(17)19-7-13(11)24-3)12(6-18-8)15(23)20-16-22-21-9(2)25-16;1-4-8(2)7-10-5-6-11-9(10)3/h4-7H,1-3H3,(H,20,22,23);8-10H,4-7H2,1-3H3. The third-order valence-corrected chi connectivity index (χ3v) is 7.27. The quantitative estimate of drug-likeness (QED) is 0.353. The summed E-state index contributed by atoms with van der Waals surface area (Å²) < 4.78 is 10.9. The molecule has 1 aliphatic rings. The minimum atomic E-state index is -0.339. The highest BCUT2D eigenvalue weighted by Gasteiger charge is 2.25. The van der Waals surface area contributed by atoms with E-state index in [-0.39, 0.29) is 5.91 Å². The highest BCUT2D eigenvalue weighted by molar-refractivity contribution is 7.15. The van der Waals surface area contributed by atoms with Gasteiger partial charge in [0.15, 0.2) is 0 Å². The summed E-state index contributed by atoms with van der Waals surface area (Å²) in [4.78, 5) is 21.0. The molecule has 0 aliphatic carbocycles. The Morgan fingerprint density at radius 1 is 1.25 bits per heavy atom. The minimum Gasteiger partial charge on any atom is -0.494 e. The molecule has 8 nitrogen and oxygen atoms in total. The molecule has 3 unspecified atom stereocenters. The fourth-order valence-corrected chi connectivity index (χ4v) is 4.78. The largest absolute Gasteiger partial charge is 0.494 e. The Morgan fingerprint density at radius 2 is 2.03 bits per heavy atom. The number of nitrogens with one attached hydrogen (secondary N) is 1. The zero-order valence-corrected chi connectivity index (χ0v) is 23.2. The summed E-state index contributed by atoms with van der Waals surface area (Å²) in [7, 11) is 1.53. The van der Waals surface area contributed by atoms with Gasteiger partial charge in [-0.05, 0) is 57.6 Å². The number of carbonyl (C=O) groups is 1. The number of amides is 1. The van der Waals surface area contributed by atoms with Crippen LogP contribution in [0, 0.1) is 25.7 Å². The lowest BCUT2D eigenvalue weighted by Crippen LogP contribution is -2.14. The van der Waals surface area contributed by atoms with Crippen molar-refractivity contribution in [1.29, 1.82) is 0 Å². The molecule has 0 saturated carbocycles. The average Bonchev–Trinajstić information content (AvgIpc) is 3.46. The first-order valence-electron chi connectivity index (χ1n) is 12.1. The van der Waals surface area contributed by atoms with E-state index in [4.69, 9.17) is 21.1 Å². The molecule has 4 heterocycles. The molecule has 0 spiro atoms. The van der Waals surface area contributed by atoms with Gasteiger partial charge in [-0.1, -0.05) is 43.2 Å². The van der Waals surface area contributed by atoms with E-state index in [9.17, 15) is 4.79 Å². The number of ether oxygens (including phenoxy) is 2. The Balaban J connectivity index is 0.000000275. The van der Waals surface area contributed by atoms with Crippen LogP contribution in [-0.4, -0.2) is 45.9 Å². The topological polar surface area (TPSA) is 99.1 Å². The second kappa shape index (κ2) is 13.1. The molecule has 1 N–H and O–H groups in total. The fourth-order valence-electron chi connectivity index (χ4n) is 4.03. The maximum atomic E-state index is 12.7. The molecule has 10 heteroatoms. The number of methoxy groups -OCH3 is 1. The van der Waals surface area contributed by atoms with E-state index in [1.807, 2.05) is 13.8 Å². The summed E-state index contributed by atoms with van der Waals surface area (Å²) in [6, 6.07) is 3.45. The van der Waals surface area contributed by atoms with E-state index < -0.39 is 0 Å². The number of halogens is 1. The predicted molar refractivity (Wildman–Crippen MR) is 144 cm³/mol. The maximum Gasteiger partial charge on any atom is 0.259 e. The number of aromatic nitrogens is 4. The van der Waals surface area contributed by atoms with Crippen molar-refractivity contribution in [2.75, 3.05) is 19.0 Å². The first kappa shape index (κ1) is 28.0. The molecular weight excluding hydrogens is 498 g/mol. The Labute approximate surface area is 221 Å². The smallest absolute Gasteiger partial charge is 0.259 e. The highest BCUT2D eigenvalue weighted by atomic mass is 35.5. The van der Waals surface area contributed by atoms with Gasteiger partial charge in [0.25, 0.3) is 5.91 Å². The Bertz CT molecular complexity index is 1170. The van der Waals surface area contributed by atoms with Gasteiger partial charge in [0, 0.05) is 29.6 Å². The summed E-state index contributed by atoms with van der Waals surface area (Å²) in [5.41, 5.74) is 2.44. The lowest BCUT2D eigenvalue weighted by atomic mass is 9.90. The molecule has 3 aromatic heterocycles. The van der Waals surface area contributed by atoms with Crippen LogP contribution in [-0.2, 0) is 4.74 Å². The van der Waals surface area contributed by atoms with Crippen LogP contribution in [0.25, 0.3) is 11.1 Å². The van der Waals surface area contributed by atoms with Crippen molar-refractivity contribution in [1.82, 2.24) is 20.2 Å². The summed E-state index contributed by atoms with van der Waals surface area (Å²) in [6.07, 6.45) is 7.50. The molecule has 4 rings (SSSR count). The van der Waals surface area contributed by atoms with Crippen molar-refractivity contribution in [2.24, 2.45) is 11.8 Å². The maximum absolute atomic E-state index is 12.7.